The maximum Gasteiger partial charge on any atom is 0.391 e. The minimum absolute atomic E-state index is 0.172. The van der Waals surface area contributed by atoms with Crippen LogP contribution in [0.1, 0.15) is 33.6 Å². The molecule has 0 radical (unpaired) electrons. The number of rotatable bonds is 8. The van der Waals surface area contributed by atoms with E-state index in [-0.39, 0.29) is 12.7 Å². The number of hydrogen-bond donors (Lipinski definition) is 1. The monoisotopic (exact) mass is 241 g/mol. The standard InChI is InChI=1S/C11H22F3NO/c1-9(2)4-6-15-8-10(3)16-7-5-11(12,13)14/h9-10,15H,4-8H2,1-3H3. The van der Waals surface area contributed by atoms with E-state index in [0.29, 0.717) is 12.5 Å². The molecular formula is C11H22F3NO. The summed E-state index contributed by atoms with van der Waals surface area (Å²) in [5.41, 5.74) is 0. The molecule has 0 amide bonds. The minimum Gasteiger partial charge on any atom is -0.377 e. The Morgan fingerprint density at radius 2 is 1.81 bits per heavy atom. The van der Waals surface area contributed by atoms with Crippen molar-refractivity contribution in [1.29, 1.82) is 0 Å². The highest BCUT2D eigenvalue weighted by atomic mass is 19.4. The van der Waals surface area contributed by atoms with Gasteiger partial charge >= 0.3 is 6.18 Å². The molecule has 1 N–H and O–H groups in total. The van der Waals surface area contributed by atoms with Crippen LogP contribution in [0.3, 0.4) is 0 Å². The van der Waals surface area contributed by atoms with Gasteiger partial charge in [-0.25, -0.2) is 0 Å². The molecule has 2 nitrogen and oxygen atoms in total. The van der Waals surface area contributed by atoms with Crippen molar-refractivity contribution in [3.05, 3.63) is 0 Å². The van der Waals surface area contributed by atoms with E-state index < -0.39 is 12.6 Å². The summed E-state index contributed by atoms with van der Waals surface area (Å²) < 4.78 is 40.5. The van der Waals surface area contributed by atoms with Crippen LogP contribution in [-0.2, 0) is 4.74 Å². The van der Waals surface area contributed by atoms with E-state index in [4.69, 9.17) is 4.74 Å². The van der Waals surface area contributed by atoms with Gasteiger partial charge in [-0.15, -0.1) is 0 Å². The lowest BCUT2D eigenvalue weighted by Crippen LogP contribution is -2.29. The first-order valence-electron chi connectivity index (χ1n) is 5.70. The van der Waals surface area contributed by atoms with Crippen LogP contribution in [0.5, 0.6) is 0 Å². The van der Waals surface area contributed by atoms with Crippen LogP contribution in [0.2, 0.25) is 0 Å². The third kappa shape index (κ3) is 11.8. The van der Waals surface area contributed by atoms with E-state index >= 15 is 0 Å². The predicted octanol–water partition coefficient (Wildman–Crippen LogP) is 2.98. The van der Waals surface area contributed by atoms with Gasteiger partial charge in [-0.1, -0.05) is 13.8 Å². The molecule has 0 aliphatic carbocycles. The summed E-state index contributed by atoms with van der Waals surface area (Å²) in [6.07, 6.45) is -4.10. The summed E-state index contributed by atoms with van der Waals surface area (Å²) in [5, 5.41) is 3.16. The van der Waals surface area contributed by atoms with Gasteiger partial charge in [0.1, 0.15) is 0 Å². The second-order valence-corrected chi connectivity index (χ2v) is 4.43. The quantitative estimate of drug-likeness (QED) is 0.660. The second-order valence-electron chi connectivity index (χ2n) is 4.43. The van der Waals surface area contributed by atoms with Gasteiger partial charge in [0.15, 0.2) is 0 Å². The van der Waals surface area contributed by atoms with Gasteiger partial charge in [-0.2, -0.15) is 13.2 Å². The molecule has 5 heteroatoms. The fourth-order valence-electron chi connectivity index (χ4n) is 1.13. The van der Waals surface area contributed by atoms with E-state index in [0.717, 1.165) is 13.0 Å². The lowest BCUT2D eigenvalue weighted by atomic mass is 10.1. The molecule has 0 saturated carbocycles. The number of ether oxygens (including phenoxy) is 1. The second kappa shape index (κ2) is 7.90. The summed E-state index contributed by atoms with van der Waals surface area (Å²) in [7, 11) is 0. The van der Waals surface area contributed by atoms with E-state index in [2.05, 4.69) is 19.2 Å². The van der Waals surface area contributed by atoms with Crippen LogP contribution in [0.25, 0.3) is 0 Å². The van der Waals surface area contributed by atoms with Gasteiger partial charge in [-0.3, -0.25) is 0 Å². The third-order valence-electron chi connectivity index (χ3n) is 2.12. The van der Waals surface area contributed by atoms with Crippen molar-refractivity contribution in [2.45, 2.75) is 45.9 Å². The van der Waals surface area contributed by atoms with Gasteiger partial charge in [0.2, 0.25) is 0 Å². The largest absolute Gasteiger partial charge is 0.391 e. The zero-order chi connectivity index (χ0) is 12.6. The number of alkyl halides is 3. The van der Waals surface area contributed by atoms with Crippen molar-refractivity contribution in [3.63, 3.8) is 0 Å². The normalized spacial score (nSPS) is 14.4. The maximum atomic E-state index is 11.8. The van der Waals surface area contributed by atoms with Gasteiger partial charge in [0.05, 0.1) is 19.1 Å². The molecule has 1 atom stereocenters. The summed E-state index contributed by atoms with van der Waals surface area (Å²) in [5.74, 6) is 0.633. The zero-order valence-electron chi connectivity index (χ0n) is 10.2. The summed E-state index contributed by atoms with van der Waals surface area (Å²) in [6, 6.07) is 0. The van der Waals surface area contributed by atoms with Crippen molar-refractivity contribution < 1.29 is 17.9 Å². The van der Waals surface area contributed by atoms with Crippen LogP contribution in [0.15, 0.2) is 0 Å². The first-order chi connectivity index (χ1) is 7.31. The van der Waals surface area contributed by atoms with Gasteiger partial charge < -0.3 is 10.1 Å². The van der Waals surface area contributed by atoms with Crippen molar-refractivity contribution in [1.82, 2.24) is 5.32 Å². The molecule has 0 aromatic rings. The van der Waals surface area contributed by atoms with E-state index in [1.165, 1.54) is 0 Å². The van der Waals surface area contributed by atoms with Crippen LogP contribution in [0, 0.1) is 5.92 Å². The zero-order valence-corrected chi connectivity index (χ0v) is 10.2. The molecule has 0 bridgehead atoms. The molecule has 0 aromatic heterocycles. The fraction of sp³-hybridized carbons (Fsp3) is 1.00. The summed E-state index contributed by atoms with van der Waals surface area (Å²) in [6.45, 7) is 7.26. The maximum absolute atomic E-state index is 11.8. The van der Waals surface area contributed by atoms with Crippen molar-refractivity contribution >= 4 is 0 Å². The predicted molar refractivity (Wildman–Crippen MR) is 58.4 cm³/mol. The van der Waals surface area contributed by atoms with Gasteiger partial charge in [0, 0.05) is 6.54 Å². The lowest BCUT2D eigenvalue weighted by Gasteiger charge is -2.15. The first-order valence-corrected chi connectivity index (χ1v) is 5.70. The topological polar surface area (TPSA) is 21.3 Å². The van der Waals surface area contributed by atoms with Gasteiger partial charge in [0.25, 0.3) is 0 Å². The summed E-state index contributed by atoms with van der Waals surface area (Å²) in [4.78, 5) is 0. The molecule has 0 aromatic carbocycles. The van der Waals surface area contributed by atoms with Gasteiger partial charge in [-0.05, 0) is 25.8 Å². The minimum atomic E-state index is -4.12. The number of nitrogens with one attached hydrogen (secondary N) is 1. The highest BCUT2D eigenvalue weighted by Gasteiger charge is 2.26. The molecule has 0 aliphatic rings. The SMILES string of the molecule is CC(C)CCNCC(C)OCCC(F)(F)F. The molecular weight excluding hydrogens is 219 g/mol. The Bertz CT molecular complexity index is 171. The average molecular weight is 241 g/mol. The van der Waals surface area contributed by atoms with Crippen LogP contribution < -0.4 is 5.32 Å². The van der Waals surface area contributed by atoms with Crippen LogP contribution in [-0.4, -0.2) is 32.0 Å². The number of halogens is 3. The van der Waals surface area contributed by atoms with Crippen molar-refractivity contribution in [2.24, 2.45) is 5.92 Å². The summed E-state index contributed by atoms with van der Waals surface area (Å²) >= 11 is 0. The lowest BCUT2D eigenvalue weighted by molar-refractivity contribution is -0.148. The molecule has 0 heterocycles. The van der Waals surface area contributed by atoms with Crippen molar-refractivity contribution in [3.8, 4) is 0 Å². The smallest absolute Gasteiger partial charge is 0.377 e. The number of hydrogen-bond acceptors (Lipinski definition) is 2. The van der Waals surface area contributed by atoms with Crippen LogP contribution >= 0.6 is 0 Å². The molecule has 1 unspecified atom stereocenters. The van der Waals surface area contributed by atoms with Crippen LogP contribution in [0.4, 0.5) is 13.2 Å². The Morgan fingerprint density at radius 3 is 2.31 bits per heavy atom. The average Bonchev–Trinajstić information content (AvgIpc) is 2.10. The Morgan fingerprint density at radius 1 is 1.19 bits per heavy atom. The van der Waals surface area contributed by atoms with E-state index in [9.17, 15) is 13.2 Å². The first kappa shape index (κ1) is 15.7. The van der Waals surface area contributed by atoms with E-state index in [1.807, 2.05) is 0 Å². The Balaban J connectivity index is 3.35. The van der Waals surface area contributed by atoms with E-state index in [1.54, 1.807) is 6.92 Å². The third-order valence-corrected chi connectivity index (χ3v) is 2.12. The highest BCUT2D eigenvalue weighted by molar-refractivity contribution is 4.58. The Labute approximate surface area is 95.5 Å². The molecule has 0 saturated heterocycles. The Kier molecular flexibility index (Phi) is 7.76. The highest BCUT2D eigenvalue weighted by Crippen LogP contribution is 2.19. The molecule has 0 spiro atoms. The molecule has 16 heavy (non-hydrogen) atoms. The molecule has 0 rings (SSSR count). The molecule has 98 valence electrons. The molecule has 0 fully saturated rings. The fourth-order valence-corrected chi connectivity index (χ4v) is 1.13. The Hall–Kier alpha value is -0.290. The van der Waals surface area contributed by atoms with Crippen molar-refractivity contribution in [2.75, 3.05) is 19.7 Å². The molecule has 0 aliphatic heterocycles.